The third-order valence-electron chi connectivity index (χ3n) is 3.19. The second-order valence-electron chi connectivity index (χ2n) is 5.05. The van der Waals surface area contributed by atoms with Gasteiger partial charge in [-0.2, -0.15) is 0 Å². The molecule has 0 atom stereocenters. The average Bonchev–Trinajstić information content (AvgIpc) is 2.60. The van der Waals surface area contributed by atoms with Crippen LogP contribution >= 0.6 is 0 Å². The topological polar surface area (TPSA) is 95.7 Å². The second-order valence-corrected chi connectivity index (χ2v) is 5.05. The van der Waals surface area contributed by atoms with Gasteiger partial charge in [-0.3, -0.25) is 14.9 Å². The first-order valence-corrected chi connectivity index (χ1v) is 7.24. The first-order chi connectivity index (χ1) is 11.9. The zero-order chi connectivity index (χ0) is 18.4. The molecule has 0 aliphatic carbocycles. The fourth-order valence-electron chi connectivity index (χ4n) is 1.99. The Labute approximate surface area is 143 Å². The Morgan fingerprint density at radius 3 is 2.52 bits per heavy atom. The van der Waals surface area contributed by atoms with Gasteiger partial charge in [0, 0.05) is 12.1 Å². The summed E-state index contributed by atoms with van der Waals surface area (Å²) in [5.74, 6) is -0.377. The third kappa shape index (κ3) is 4.74. The molecule has 0 spiro atoms. The van der Waals surface area contributed by atoms with Crippen LogP contribution in [0.1, 0.15) is 22.8 Å². The maximum absolute atomic E-state index is 12.2. The summed E-state index contributed by atoms with van der Waals surface area (Å²) < 4.78 is 10.4. The maximum Gasteiger partial charge on any atom is 0.343 e. The van der Waals surface area contributed by atoms with Crippen molar-refractivity contribution in [3.05, 3.63) is 69.8 Å². The number of hydrogen-bond acceptors (Lipinski definition) is 6. The summed E-state index contributed by atoms with van der Waals surface area (Å²) in [7, 11) is 1.42. The highest BCUT2D eigenvalue weighted by Gasteiger charge is 2.15. The summed E-state index contributed by atoms with van der Waals surface area (Å²) >= 11 is 0. The Hall–Kier alpha value is -3.48. The van der Waals surface area contributed by atoms with Crippen molar-refractivity contribution in [2.75, 3.05) is 7.11 Å². The summed E-state index contributed by atoms with van der Waals surface area (Å²) in [5, 5.41) is 10.8. The highest BCUT2D eigenvalue weighted by molar-refractivity contribution is 5.92. The van der Waals surface area contributed by atoms with Gasteiger partial charge in [0.1, 0.15) is 0 Å². The predicted octanol–water partition coefficient (Wildman–Crippen LogP) is 3.42. The molecule has 0 aliphatic heterocycles. The Bertz CT molecular complexity index is 856. The number of nitro benzene ring substituents is 1. The van der Waals surface area contributed by atoms with Gasteiger partial charge in [-0.1, -0.05) is 18.2 Å². The largest absolute Gasteiger partial charge is 0.493 e. The number of carbonyl (C=O) groups is 2. The van der Waals surface area contributed by atoms with Gasteiger partial charge in [0.05, 0.1) is 17.6 Å². The van der Waals surface area contributed by atoms with Gasteiger partial charge in [-0.05, 0) is 36.8 Å². The molecule has 0 aliphatic rings. The lowest BCUT2D eigenvalue weighted by Crippen LogP contribution is -2.09. The summed E-state index contributed by atoms with van der Waals surface area (Å²) in [4.78, 5) is 33.4. The maximum atomic E-state index is 12.2. The minimum Gasteiger partial charge on any atom is -0.493 e. The highest BCUT2D eigenvalue weighted by atomic mass is 16.6. The van der Waals surface area contributed by atoms with Crippen LogP contribution in [0, 0.1) is 10.1 Å². The van der Waals surface area contributed by atoms with Crippen LogP contribution in [-0.4, -0.2) is 23.8 Å². The van der Waals surface area contributed by atoms with Crippen molar-refractivity contribution in [1.82, 2.24) is 0 Å². The Kier molecular flexibility index (Phi) is 5.62. The van der Waals surface area contributed by atoms with Gasteiger partial charge in [-0.25, -0.2) is 4.79 Å². The number of carbonyl (C=O) groups excluding carboxylic acids is 2. The predicted molar refractivity (Wildman–Crippen MR) is 90.8 cm³/mol. The first-order valence-electron chi connectivity index (χ1n) is 7.24. The number of rotatable bonds is 6. The molecule has 0 fully saturated rings. The van der Waals surface area contributed by atoms with Crippen LogP contribution in [0.3, 0.4) is 0 Å². The fourth-order valence-corrected chi connectivity index (χ4v) is 1.99. The molecule has 2 aromatic rings. The molecule has 0 saturated heterocycles. The smallest absolute Gasteiger partial charge is 0.343 e. The Morgan fingerprint density at radius 1 is 1.12 bits per heavy atom. The average molecular weight is 341 g/mol. The first kappa shape index (κ1) is 17.9. The molecule has 7 nitrogen and oxygen atoms in total. The van der Waals surface area contributed by atoms with Gasteiger partial charge in [0.2, 0.25) is 0 Å². The normalized spacial score (nSPS) is 10.5. The number of hydrogen-bond donors (Lipinski definition) is 0. The molecule has 0 N–H and O–H groups in total. The van der Waals surface area contributed by atoms with E-state index in [1.54, 1.807) is 18.2 Å². The Balaban J connectivity index is 2.24. The van der Waals surface area contributed by atoms with Crippen LogP contribution < -0.4 is 9.47 Å². The van der Waals surface area contributed by atoms with Gasteiger partial charge in [0.15, 0.2) is 17.3 Å². The number of ketones is 1. The van der Waals surface area contributed by atoms with Crippen LogP contribution in [0.5, 0.6) is 11.5 Å². The van der Waals surface area contributed by atoms with Crippen molar-refractivity contribution >= 4 is 23.5 Å². The molecule has 0 radical (unpaired) electrons. The molecule has 2 aromatic carbocycles. The van der Waals surface area contributed by atoms with Crippen LogP contribution in [0.2, 0.25) is 0 Å². The SMILES string of the molecule is COc1cc(C=CC(C)=O)ccc1OC(=O)c1cccc([N+](=O)[O-])c1. The third-order valence-corrected chi connectivity index (χ3v) is 3.19. The minimum atomic E-state index is -0.742. The van der Waals surface area contributed by atoms with Gasteiger partial charge in [-0.15, -0.1) is 0 Å². The van der Waals surface area contributed by atoms with Crippen molar-refractivity contribution < 1.29 is 24.0 Å². The lowest BCUT2D eigenvalue weighted by atomic mass is 10.1. The van der Waals surface area contributed by atoms with Gasteiger partial charge >= 0.3 is 5.97 Å². The molecular formula is C18H15NO6. The van der Waals surface area contributed by atoms with E-state index >= 15 is 0 Å². The van der Waals surface area contributed by atoms with E-state index in [1.807, 2.05) is 0 Å². The molecule has 0 saturated carbocycles. The summed E-state index contributed by atoms with van der Waals surface area (Å²) in [6, 6.07) is 10.0. The summed E-state index contributed by atoms with van der Waals surface area (Å²) in [6.07, 6.45) is 3.01. The zero-order valence-electron chi connectivity index (χ0n) is 13.6. The number of esters is 1. The quantitative estimate of drug-likeness (QED) is 0.263. The molecule has 0 bridgehead atoms. The van der Waals surface area contributed by atoms with Gasteiger partial charge < -0.3 is 9.47 Å². The van der Waals surface area contributed by atoms with Crippen molar-refractivity contribution in [3.63, 3.8) is 0 Å². The lowest BCUT2D eigenvalue weighted by Gasteiger charge is -2.10. The van der Waals surface area contributed by atoms with Crippen LogP contribution in [0.15, 0.2) is 48.5 Å². The Morgan fingerprint density at radius 2 is 1.88 bits per heavy atom. The molecular weight excluding hydrogens is 326 g/mol. The van der Waals surface area contributed by atoms with E-state index in [-0.39, 0.29) is 22.8 Å². The molecule has 7 heteroatoms. The zero-order valence-corrected chi connectivity index (χ0v) is 13.6. The molecule has 0 heterocycles. The highest BCUT2D eigenvalue weighted by Crippen LogP contribution is 2.29. The van der Waals surface area contributed by atoms with Crippen LogP contribution in [0.4, 0.5) is 5.69 Å². The number of non-ortho nitro benzene ring substituents is 1. The number of allylic oxidation sites excluding steroid dienone is 1. The lowest BCUT2D eigenvalue weighted by molar-refractivity contribution is -0.384. The second kappa shape index (κ2) is 7.87. The van der Waals surface area contributed by atoms with Crippen molar-refractivity contribution in [2.45, 2.75) is 6.92 Å². The summed E-state index contributed by atoms with van der Waals surface area (Å²) in [6.45, 7) is 1.43. The summed E-state index contributed by atoms with van der Waals surface area (Å²) in [5.41, 5.74) is 0.546. The molecule has 25 heavy (non-hydrogen) atoms. The molecule has 128 valence electrons. The number of benzene rings is 2. The van der Waals surface area contributed by atoms with Crippen LogP contribution in [0.25, 0.3) is 6.08 Å². The van der Waals surface area contributed by atoms with E-state index in [1.165, 1.54) is 44.4 Å². The van der Waals surface area contributed by atoms with Gasteiger partial charge in [0.25, 0.3) is 5.69 Å². The van der Waals surface area contributed by atoms with E-state index in [9.17, 15) is 19.7 Å². The number of nitrogens with zero attached hydrogens (tertiary/aromatic N) is 1. The van der Waals surface area contributed by atoms with Crippen LogP contribution in [-0.2, 0) is 4.79 Å². The van der Waals surface area contributed by atoms with E-state index in [0.29, 0.717) is 11.3 Å². The van der Waals surface area contributed by atoms with Crippen molar-refractivity contribution in [1.29, 1.82) is 0 Å². The van der Waals surface area contributed by atoms with E-state index in [4.69, 9.17) is 9.47 Å². The molecule has 0 aromatic heterocycles. The van der Waals surface area contributed by atoms with E-state index in [2.05, 4.69) is 0 Å². The van der Waals surface area contributed by atoms with Crippen molar-refractivity contribution in [2.24, 2.45) is 0 Å². The molecule has 0 unspecified atom stereocenters. The van der Waals surface area contributed by atoms with Crippen molar-refractivity contribution in [3.8, 4) is 11.5 Å². The number of methoxy groups -OCH3 is 1. The van der Waals surface area contributed by atoms with E-state index < -0.39 is 10.9 Å². The number of nitro groups is 1. The fraction of sp³-hybridized carbons (Fsp3) is 0.111. The molecule has 2 rings (SSSR count). The number of ether oxygens (including phenoxy) is 2. The monoisotopic (exact) mass is 341 g/mol. The minimum absolute atomic E-state index is 0.0526. The van der Waals surface area contributed by atoms with E-state index in [0.717, 1.165) is 6.07 Å². The molecule has 0 amide bonds. The standard InChI is InChI=1S/C18H15NO6/c1-12(20)6-7-13-8-9-16(17(10-13)24-2)25-18(21)14-4-3-5-15(11-14)19(22)23/h3-11H,1-2H3.